The summed E-state index contributed by atoms with van der Waals surface area (Å²) in [5.74, 6) is 0.740. The molecule has 0 N–H and O–H groups in total. The molecule has 0 bridgehead atoms. The van der Waals surface area contributed by atoms with Crippen molar-refractivity contribution in [1.82, 2.24) is 9.38 Å². The predicted octanol–water partition coefficient (Wildman–Crippen LogP) is 2.12. The summed E-state index contributed by atoms with van der Waals surface area (Å²) in [5.41, 5.74) is 2.94. The van der Waals surface area contributed by atoms with Crippen LogP contribution in [0.5, 0.6) is 0 Å². The second kappa shape index (κ2) is 6.45. The molecule has 5 nitrogen and oxygen atoms in total. The number of rotatable bonds is 3. The Morgan fingerprint density at radius 1 is 1.04 bits per heavy atom. The molecule has 1 aliphatic rings. The number of aromatic nitrogens is 2. The van der Waals surface area contributed by atoms with E-state index in [1.807, 2.05) is 30.3 Å². The summed E-state index contributed by atoms with van der Waals surface area (Å²) in [6, 6.07) is 15.8. The number of ether oxygens (including phenoxy) is 1. The zero-order chi connectivity index (χ0) is 16.4. The summed E-state index contributed by atoms with van der Waals surface area (Å²) in [6.45, 7) is 2.88. The monoisotopic (exact) mass is 321 g/mol. The Balaban J connectivity index is 1.79. The highest BCUT2D eigenvalue weighted by molar-refractivity contribution is 5.54. The molecule has 0 amide bonds. The van der Waals surface area contributed by atoms with E-state index in [1.165, 1.54) is 5.56 Å². The molecule has 0 radical (unpaired) electrons. The van der Waals surface area contributed by atoms with E-state index < -0.39 is 0 Å². The average Bonchev–Trinajstić information content (AvgIpc) is 2.64. The Morgan fingerprint density at radius 2 is 1.83 bits per heavy atom. The molecule has 0 aliphatic carbocycles. The lowest BCUT2D eigenvalue weighted by molar-refractivity contribution is 0.122. The Morgan fingerprint density at radius 3 is 2.62 bits per heavy atom. The van der Waals surface area contributed by atoms with Crippen LogP contribution in [0.25, 0.3) is 5.65 Å². The molecule has 1 aromatic carbocycles. The van der Waals surface area contributed by atoms with E-state index in [-0.39, 0.29) is 5.56 Å². The Labute approximate surface area is 140 Å². The first-order valence-electron chi connectivity index (χ1n) is 8.19. The van der Waals surface area contributed by atoms with Gasteiger partial charge in [-0.25, -0.2) is 4.98 Å². The fourth-order valence-electron chi connectivity index (χ4n) is 3.08. The maximum Gasteiger partial charge on any atom is 0.259 e. The average molecular weight is 321 g/mol. The molecular formula is C19H19N3O2. The van der Waals surface area contributed by atoms with Crippen molar-refractivity contribution in [2.24, 2.45) is 0 Å². The predicted molar refractivity (Wildman–Crippen MR) is 93.7 cm³/mol. The van der Waals surface area contributed by atoms with Crippen molar-refractivity contribution in [1.29, 1.82) is 0 Å². The van der Waals surface area contributed by atoms with Gasteiger partial charge in [-0.3, -0.25) is 9.20 Å². The zero-order valence-electron chi connectivity index (χ0n) is 13.4. The van der Waals surface area contributed by atoms with Crippen LogP contribution in [0, 0.1) is 0 Å². The molecule has 0 saturated carbocycles. The summed E-state index contributed by atoms with van der Waals surface area (Å²) in [4.78, 5) is 19.4. The lowest BCUT2D eigenvalue weighted by Gasteiger charge is -2.27. The van der Waals surface area contributed by atoms with Gasteiger partial charge in [0.25, 0.3) is 5.56 Å². The Kier molecular flexibility index (Phi) is 4.01. The van der Waals surface area contributed by atoms with Crippen molar-refractivity contribution in [2.45, 2.75) is 6.42 Å². The van der Waals surface area contributed by atoms with Gasteiger partial charge in [-0.2, -0.15) is 0 Å². The van der Waals surface area contributed by atoms with Gasteiger partial charge in [-0.05, 0) is 17.2 Å². The molecule has 0 unspecified atom stereocenters. The molecule has 0 atom stereocenters. The van der Waals surface area contributed by atoms with Crippen LogP contribution in [0.2, 0.25) is 0 Å². The highest BCUT2D eigenvalue weighted by atomic mass is 16.5. The third-order valence-electron chi connectivity index (χ3n) is 4.33. The van der Waals surface area contributed by atoms with Crippen LogP contribution in [0.4, 0.5) is 5.82 Å². The number of pyridine rings is 1. The second-order valence-corrected chi connectivity index (χ2v) is 5.94. The van der Waals surface area contributed by atoms with Crippen molar-refractivity contribution in [3.05, 3.63) is 76.2 Å². The van der Waals surface area contributed by atoms with E-state index in [9.17, 15) is 4.79 Å². The number of hydrogen-bond acceptors (Lipinski definition) is 4. The van der Waals surface area contributed by atoms with Crippen molar-refractivity contribution in [3.8, 4) is 0 Å². The smallest absolute Gasteiger partial charge is 0.259 e. The fourth-order valence-corrected chi connectivity index (χ4v) is 3.08. The van der Waals surface area contributed by atoms with E-state index in [0.29, 0.717) is 13.2 Å². The van der Waals surface area contributed by atoms with Gasteiger partial charge in [0.05, 0.1) is 13.2 Å². The highest BCUT2D eigenvalue weighted by Gasteiger charge is 2.15. The van der Waals surface area contributed by atoms with Crippen LogP contribution in [-0.4, -0.2) is 35.7 Å². The molecule has 4 rings (SSSR count). The highest BCUT2D eigenvalue weighted by Crippen LogP contribution is 2.17. The lowest BCUT2D eigenvalue weighted by atomic mass is 10.1. The SMILES string of the molecule is O=c1cc(N2CCOCC2)nc2c(Cc3ccccc3)cccn12. The normalized spacial score (nSPS) is 14.9. The number of fused-ring (bicyclic) bond motifs is 1. The van der Waals surface area contributed by atoms with Crippen molar-refractivity contribution in [2.75, 3.05) is 31.2 Å². The summed E-state index contributed by atoms with van der Waals surface area (Å²) in [6.07, 6.45) is 2.53. The lowest BCUT2D eigenvalue weighted by Crippen LogP contribution is -2.37. The van der Waals surface area contributed by atoms with Gasteiger partial charge in [0.2, 0.25) is 0 Å². The van der Waals surface area contributed by atoms with Crippen LogP contribution in [0.3, 0.4) is 0 Å². The van der Waals surface area contributed by atoms with E-state index in [0.717, 1.165) is 36.5 Å². The Hall–Kier alpha value is -2.66. The largest absolute Gasteiger partial charge is 0.378 e. The summed E-state index contributed by atoms with van der Waals surface area (Å²) in [7, 11) is 0. The number of benzene rings is 1. The third-order valence-corrected chi connectivity index (χ3v) is 4.33. The molecule has 3 aromatic rings. The van der Waals surface area contributed by atoms with Gasteiger partial charge >= 0.3 is 0 Å². The van der Waals surface area contributed by atoms with Crippen molar-refractivity contribution >= 4 is 11.5 Å². The zero-order valence-corrected chi connectivity index (χ0v) is 13.4. The van der Waals surface area contributed by atoms with E-state index in [1.54, 1.807) is 16.7 Å². The minimum Gasteiger partial charge on any atom is -0.378 e. The van der Waals surface area contributed by atoms with Crippen LogP contribution in [-0.2, 0) is 11.2 Å². The number of hydrogen-bond donors (Lipinski definition) is 0. The Bertz CT molecular complexity index is 899. The quantitative estimate of drug-likeness (QED) is 0.741. The van der Waals surface area contributed by atoms with E-state index in [4.69, 9.17) is 9.72 Å². The minimum atomic E-state index is -0.0450. The summed E-state index contributed by atoms with van der Waals surface area (Å²) >= 11 is 0. The minimum absolute atomic E-state index is 0.0450. The van der Waals surface area contributed by atoms with Crippen LogP contribution in [0.15, 0.2) is 59.5 Å². The first kappa shape index (κ1) is 14.9. The van der Waals surface area contributed by atoms with Crippen molar-refractivity contribution < 1.29 is 4.74 Å². The van der Waals surface area contributed by atoms with Gasteiger partial charge in [-0.1, -0.05) is 36.4 Å². The molecular weight excluding hydrogens is 302 g/mol. The van der Waals surface area contributed by atoms with Gasteiger partial charge in [-0.15, -0.1) is 0 Å². The molecule has 1 saturated heterocycles. The topological polar surface area (TPSA) is 46.8 Å². The standard InChI is InChI=1S/C19H19N3O2/c23-18-14-17(21-9-11-24-12-10-21)20-19-16(7-4-8-22(18)19)13-15-5-2-1-3-6-15/h1-8,14H,9-13H2. The van der Waals surface area contributed by atoms with Gasteiger partial charge in [0.1, 0.15) is 11.5 Å². The van der Waals surface area contributed by atoms with Crippen LogP contribution >= 0.6 is 0 Å². The summed E-state index contributed by atoms with van der Waals surface area (Å²) < 4.78 is 7.02. The molecule has 2 aromatic heterocycles. The molecule has 24 heavy (non-hydrogen) atoms. The van der Waals surface area contributed by atoms with Crippen LogP contribution in [0.1, 0.15) is 11.1 Å². The molecule has 1 aliphatic heterocycles. The first-order chi connectivity index (χ1) is 11.8. The van der Waals surface area contributed by atoms with Gasteiger partial charge in [0, 0.05) is 31.8 Å². The van der Waals surface area contributed by atoms with Gasteiger partial charge < -0.3 is 9.64 Å². The molecule has 122 valence electrons. The van der Waals surface area contributed by atoms with Crippen molar-refractivity contribution in [3.63, 3.8) is 0 Å². The molecule has 5 heteroatoms. The summed E-state index contributed by atoms with van der Waals surface area (Å²) in [5, 5.41) is 0. The van der Waals surface area contributed by atoms with Crippen LogP contribution < -0.4 is 10.5 Å². The van der Waals surface area contributed by atoms with E-state index in [2.05, 4.69) is 17.0 Å². The van der Waals surface area contributed by atoms with E-state index >= 15 is 0 Å². The second-order valence-electron chi connectivity index (χ2n) is 5.94. The molecule has 0 spiro atoms. The maximum atomic E-state index is 12.5. The molecule has 3 heterocycles. The molecule has 1 fully saturated rings. The first-order valence-corrected chi connectivity index (χ1v) is 8.19. The third kappa shape index (κ3) is 2.90. The number of anilines is 1. The van der Waals surface area contributed by atoms with Gasteiger partial charge in [0.15, 0.2) is 0 Å². The number of nitrogens with zero attached hydrogens (tertiary/aromatic N) is 3. The maximum absolute atomic E-state index is 12.5. The fraction of sp³-hybridized carbons (Fsp3) is 0.263. The number of morpholine rings is 1.